The van der Waals surface area contributed by atoms with Gasteiger partial charge in [0.05, 0.1) is 18.8 Å². The molecular weight excluding hydrogens is 512 g/mol. The van der Waals surface area contributed by atoms with E-state index in [0.717, 1.165) is 6.92 Å². The lowest BCUT2D eigenvalue weighted by molar-refractivity contribution is -0.156. The number of carbonyl (C=O) groups is 4. The molecular formula is C28H40O11. The van der Waals surface area contributed by atoms with E-state index < -0.39 is 72.3 Å². The molecule has 0 fully saturated rings. The highest BCUT2D eigenvalue weighted by Gasteiger charge is 2.51. The summed E-state index contributed by atoms with van der Waals surface area (Å²) in [4.78, 5) is 48.9. The smallest absolute Gasteiger partial charge is 0.307 e. The van der Waals surface area contributed by atoms with Crippen LogP contribution in [0.25, 0.3) is 0 Å². The maximum absolute atomic E-state index is 12.4. The van der Waals surface area contributed by atoms with Gasteiger partial charge in [-0.25, -0.2) is 0 Å². The van der Waals surface area contributed by atoms with Crippen LogP contribution >= 0.6 is 0 Å². The lowest BCUT2D eigenvalue weighted by Crippen LogP contribution is -2.49. The summed E-state index contributed by atoms with van der Waals surface area (Å²) in [5.41, 5.74) is 0.215. The van der Waals surface area contributed by atoms with E-state index in [-0.39, 0.29) is 29.7 Å². The number of aliphatic hydroxyl groups excluding tert-OH is 3. The Hall–Kier alpha value is -3.02. The standard InChI is InChI=1S/C28H40O11/c1-13-21(34)11-22(35)19(12-29)9-24(37-16(4)31)20-10-23(36-15(3)30)14(2)25(28(20,7)8)27(39-18(6)33)26(13)38-17(5)32/h9,20-24,27,29,34-35H,10-12H2,1-8H3/b19-9+,26-13?/t20-,21-,22-,23-,24-,27+/m0/s1. The number of carbonyl (C=O) groups excluding carboxylic acids is 4. The van der Waals surface area contributed by atoms with Gasteiger partial charge in [-0.2, -0.15) is 0 Å². The first kappa shape index (κ1) is 32.2. The topological polar surface area (TPSA) is 166 Å². The van der Waals surface area contributed by atoms with Gasteiger partial charge in [0.15, 0.2) is 11.9 Å². The van der Waals surface area contributed by atoms with Crippen molar-refractivity contribution >= 4 is 23.9 Å². The quantitative estimate of drug-likeness (QED) is 0.259. The molecule has 2 aliphatic carbocycles. The van der Waals surface area contributed by atoms with Crippen molar-refractivity contribution in [1.82, 2.24) is 0 Å². The zero-order valence-electron chi connectivity index (χ0n) is 23.8. The van der Waals surface area contributed by atoms with Gasteiger partial charge >= 0.3 is 23.9 Å². The Bertz CT molecular complexity index is 1080. The molecule has 39 heavy (non-hydrogen) atoms. The van der Waals surface area contributed by atoms with Crippen LogP contribution in [0.1, 0.15) is 68.2 Å². The Morgan fingerprint density at radius 1 is 0.846 bits per heavy atom. The first-order chi connectivity index (χ1) is 18.0. The van der Waals surface area contributed by atoms with Gasteiger partial charge in [-0.3, -0.25) is 19.2 Å². The predicted octanol–water partition coefficient (Wildman–Crippen LogP) is 2.03. The summed E-state index contributed by atoms with van der Waals surface area (Å²) >= 11 is 0. The predicted molar refractivity (Wildman–Crippen MR) is 138 cm³/mol. The lowest BCUT2D eigenvalue weighted by atomic mass is 9.60. The molecule has 0 heterocycles. The van der Waals surface area contributed by atoms with Gasteiger partial charge in [0, 0.05) is 40.0 Å². The third kappa shape index (κ3) is 7.55. The molecule has 2 bridgehead atoms. The van der Waals surface area contributed by atoms with Crippen LogP contribution in [0.5, 0.6) is 0 Å². The van der Waals surface area contributed by atoms with E-state index in [9.17, 15) is 34.5 Å². The van der Waals surface area contributed by atoms with Crippen LogP contribution in [-0.4, -0.2) is 76.3 Å². The maximum Gasteiger partial charge on any atom is 0.307 e. The van der Waals surface area contributed by atoms with E-state index in [1.54, 1.807) is 6.92 Å². The third-order valence-corrected chi connectivity index (χ3v) is 7.37. The second-order valence-electron chi connectivity index (χ2n) is 10.6. The lowest BCUT2D eigenvalue weighted by Gasteiger charge is -2.48. The molecule has 0 radical (unpaired) electrons. The van der Waals surface area contributed by atoms with Gasteiger partial charge in [-0.1, -0.05) is 13.8 Å². The highest BCUT2D eigenvalue weighted by Crippen LogP contribution is 2.51. The minimum atomic E-state index is -1.39. The van der Waals surface area contributed by atoms with Crippen LogP contribution in [0.15, 0.2) is 34.1 Å². The molecule has 218 valence electrons. The summed E-state index contributed by atoms with van der Waals surface area (Å²) < 4.78 is 22.6. The summed E-state index contributed by atoms with van der Waals surface area (Å²) in [6, 6.07) is 0. The van der Waals surface area contributed by atoms with Crippen molar-refractivity contribution in [2.75, 3.05) is 6.61 Å². The molecule has 0 aromatic rings. The van der Waals surface area contributed by atoms with Crippen LogP contribution in [0.4, 0.5) is 0 Å². The van der Waals surface area contributed by atoms with Crippen molar-refractivity contribution in [3.8, 4) is 0 Å². The summed E-state index contributed by atoms with van der Waals surface area (Å²) in [6.07, 6.45) is -4.61. The van der Waals surface area contributed by atoms with Crippen molar-refractivity contribution < 1.29 is 53.4 Å². The van der Waals surface area contributed by atoms with Crippen LogP contribution in [-0.2, 0) is 38.1 Å². The Morgan fingerprint density at radius 3 is 1.90 bits per heavy atom. The van der Waals surface area contributed by atoms with Gasteiger partial charge in [0.25, 0.3) is 0 Å². The second-order valence-corrected chi connectivity index (χ2v) is 10.6. The van der Waals surface area contributed by atoms with E-state index in [1.165, 1.54) is 33.8 Å². The molecule has 0 aromatic carbocycles. The zero-order valence-corrected chi connectivity index (χ0v) is 23.8. The highest BCUT2D eigenvalue weighted by atomic mass is 16.6. The highest BCUT2D eigenvalue weighted by molar-refractivity contribution is 5.70. The molecule has 6 atom stereocenters. The normalized spacial score (nSPS) is 30.7. The number of rotatable bonds is 5. The van der Waals surface area contributed by atoms with Gasteiger partial charge in [0.2, 0.25) is 0 Å². The van der Waals surface area contributed by atoms with Crippen molar-refractivity contribution in [2.45, 2.75) is 98.8 Å². The van der Waals surface area contributed by atoms with Crippen LogP contribution < -0.4 is 0 Å². The second kappa shape index (κ2) is 12.9. The van der Waals surface area contributed by atoms with E-state index in [0.29, 0.717) is 11.1 Å². The molecule has 0 unspecified atom stereocenters. The number of hydrogen-bond acceptors (Lipinski definition) is 11. The van der Waals surface area contributed by atoms with Crippen LogP contribution in [0.2, 0.25) is 0 Å². The molecule has 0 aliphatic heterocycles. The molecule has 0 saturated carbocycles. The molecule has 0 amide bonds. The summed E-state index contributed by atoms with van der Waals surface area (Å²) in [5, 5.41) is 32.1. The monoisotopic (exact) mass is 552 g/mol. The van der Waals surface area contributed by atoms with Gasteiger partial charge in [0.1, 0.15) is 12.2 Å². The average Bonchev–Trinajstić information content (AvgIpc) is 2.79. The Morgan fingerprint density at radius 2 is 1.41 bits per heavy atom. The molecule has 3 N–H and O–H groups in total. The van der Waals surface area contributed by atoms with Gasteiger partial charge in [-0.15, -0.1) is 0 Å². The SMILES string of the molecule is CC(=O)OC1=C(C)[C@@H](O)C[C@H](O)/C(CO)=C/[C@H](OC(C)=O)[C@@H]2C[C@H](OC(C)=O)C(C)=C([C@H]1OC(C)=O)C2(C)C. The van der Waals surface area contributed by atoms with Crippen molar-refractivity contribution in [1.29, 1.82) is 0 Å². The fourth-order valence-electron chi connectivity index (χ4n) is 5.52. The molecule has 0 aromatic heterocycles. The first-order valence-electron chi connectivity index (χ1n) is 12.8. The van der Waals surface area contributed by atoms with E-state index >= 15 is 0 Å². The van der Waals surface area contributed by atoms with Crippen LogP contribution in [0.3, 0.4) is 0 Å². The summed E-state index contributed by atoms with van der Waals surface area (Å²) in [5.74, 6) is -3.43. The van der Waals surface area contributed by atoms with Crippen molar-refractivity contribution in [3.63, 3.8) is 0 Å². The van der Waals surface area contributed by atoms with Crippen LogP contribution in [0, 0.1) is 11.3 Å². The summed E-state index contributed by atoms with van der Waals surface area (Å²) in [6.45, 7) is 11.0. The number of fused-ring (bicyclic) bond motifs is 2. The Balaban J connectivity index is 3.05. The van der Waals surface area contributed by atoms with E-state index in [4.69, 9.17) is 18.9 Å². The van der Waals surface area contributed by atoms with E-state index in [1.807, 2.05) is 13.8 Å². The molecule has 2 rings (SSSR count). The van der Waals surface area contributed by atoms with Crippen molar-refractivity contribution in [2.24, 2.45) is 11.3 Å². The Labute approximate surface area is 228 Å². The first-order valence-corrected chi connectivity index (χ1v) is 12.8. The number of hydrogen-bond donors (Lipinski definition) is 3. The zero-order chi connectivity index (χ0) is 29.8. The number of ether oxygens (including phenoxy) is 4. The molecule has 11 heteroatoms. The van der Waals surface area contributed by atoms with Gasteiger partial charge < -0.3 is 34.3 Å². The van der Waals surface area contributed by atoms with E-state index in [2.05, 4.69) is 0 Å². The van der Waals surface area contributed by atoms with Gasteiger partial charge in [-0.05, 0) is 54.1 Å². The maximum atomic E-state index is 12.4. The minimum Gasteiger partial charge on any atom is -0.458 e. The third-order valence-electron chi connectivity index (χ3n) is 7.37. The summed E-state index contributed by atoms with van der Waals surface area (Å²) in [7, 11) is 0. The molecule has 11 nitrogen and oxygen atoms in total. The molecule has 0 saturated heterocycles. The fraction of sp³-hybridized carbons (Fsp3) is 0.643. The Kier molecular flexibility index (Phi) is 10.6. The molecule has 0 spiro atoms. The number of esters is 4. The minimum absolute atomic E-state index is 0.104. The fourth-order valence-corrected chi connectivity index (χ4v) is 5.52. The average molecular weight is 553 g/mol. The number of aliphatic hydroxyl groups is 3. The largest absolute Gasteiger partial charge is 0.458 e. The molecule has 2 aliphatic rings. The van der Waals surface area contributed by atoms with Crippen molar-refractivity contribution in [3.05, 3.63) is 34.1 Å².